The minimum absolute atomic E-state index is 0.551. The number of hydrogen-bond donors (Lipinski definition) is 1. The molecule has 2 N–H and O–H groups in total. The molecule has 0 aromatic carbocycles. The van der Waals surface area contributed by atoms with Crippen molar-refractivity contribution in [2.24, 2.45) is 5.73 Å². The summed E-state index contributed by atoms with van der Waals surface area (Å²) in [5.74, 6) is 0.829. The molecule has 1 saturated carbocycles. The van der Waals surface area contributed by atoms with Crippen LogP contribution in [0.15, 0.2) is 0 Å². The van der Waals surface area contributed by atoms with Crippen LogP contribution < -0.4 is 5.73 Å². The van der Waals surface area contributed by atoms with Gasteiger partial charge in [0.25, 0.3) is 0 Å². The zero-order valence-corrected chi connectivity index (χ0v) is 3.44. The fourth-order valence-electron chi connectivity index (χ4n) is 0.351. The van der Waals surface area contributed by atoms with E-state index in [1.165, 1.54) is 6.42 Å². The monoisotopic (exact) mass is 69.1 g/mol. The molecule has 1 aliphatic rings. The molecule has 0 heterocycles. The molecule has 0 amide bonds. The number of nitrogens with two attached hydrogens (primary N) is 1. The molecular formula is C3H8BN. The SMILES string of the molecule is B[C@H]1C[C@H]1N. The molecule has 1 aliphatic carbocycles. The van der Waals surface area contributed by atoms with Crippen LogP contribution in [0.3, 0.4) is 0 Å². The Bertz CT molecular complexity index is 40.2. The van der Waals surface area contributed by atoms with Gasteiger partial charge in [0.15, 0.2) is 0 Å². The molecule has 0 unspecified atom stereocenters. The van der Waals surface area contributed by atoms with Gasteiger partial charge in [-0.2, -0.15) is 0 Å². The van der Waals surface area contributed by atoms with E-state index in [9.17, 15) is 0 Å². The van der Waals surface area contributed by atoms with Gasteiger partial charge in [-0.1, -0.05) is 5.82 Å². The van der Waals surface area contributed by atoms with Crippen molar-refractivity contribution >= 4 is 7.85 Å². The molecule has 1 rings (SSSR count). The van der Waals surface area contributed by atoms with Crippen molar-refractivity contribution in [2.75, 3.05) is 0 Å². The first-order valence-corrected chi connectivity index (χ1v) is 2.06. The summed E-state index contributed by atoms with van der Waals surface area (Å²) < 4.78 is 0. The predicted molar refractivity (Wildman–Crippen MR) is 24.9 cm³/mol. The van der Waals surface area contributed by atoms with Crippen LogP contribution in [0.25, 0.3) is 0 Å². The summed E-state index contributed by atoms with van der Waals surface area (Å²) in [5.41, 5.74) is 5.37. The number of hydrogen-bond acceptors (Lipinski definition) is 1. The topological polar surface area (TPSA) is 26.0 Å². The van der Waals surface area contributed by atoms with Crippen LogP contribution >= 0.6 is 0 Å². The number of rotatable bonds is 0. The fourth-order valence-corrected chi connectivity index (χ4v) is 0.351. The Morgan fingerprint density at radius 2 is 2.00 bits per heavy atom. The minimum atomic E-state index is 0.551. The van der Waals surface area contributed by atoms with Gasteiger partial charge in [-0.3, -0.25) is 0 Å². The van der Waals surface area contributed by atoms with Crippen LogP contribution in [0.2, 0.25) is 5.82 Å². The van der Waals surface area contributed by atoms with Crippen LogP contribution in [0.4, 0.5) is 0 Å². The average molecular weight is 68.9 g/mol. The molecule has 28 valence electrons. The molecule has 2 heteroatoms. The first kappa shape index (κ1) is 3.22. The average Bonchev–Trinajstić information content (AvgIpc) is 1.79. The van der Waals surface area contributed by atoms with Crippen LogP contribution in [0.5, 0.6) is 0 Å². The van der Waals surface area contributed by atoms with Crippen molar-refractivity contribution in [2.45, 2.75) is 18.3 Å². The highest BCUT2D eigenvalue weighted by atomic mass is 14.7. The van der Waals surface area contributed by atoms with Gasteiger partial charge in [0.05, 0.1) is 0 Å². The second kappa shape index (κ2) is 0.746. The minimum Gasteiger partial charge on any atom is -0.328 e. The third-order valence-electron chi connectivity index (χ3n) is 1.17. The molecule has 0 aromatic heterocycles. The standard InChI is InChI=1S/C3H8BN/c4-2-1-3(2)5/h2-3H,1,4-5H2/t2-,3+/m0/s1. The third-order valence-corrected chi connectivity index (χ3v) is 1.17. The van der Waals surface area contributed by atoms with Crippen LogP contribution in [0, 0.1) is 0 Å². The second-order valence-corrected chi connectivity index (χ2v) is 1.88. The van der Waals surface area contributed by atoms with E-state index in [4.69, 9.17) is 5.73 Å². The predicted octanol–water partition coefficient (Wildman–Crippen LogP) is -0.861. The Morgan fingerprint density at radius 3 is 2.00 bits per heavy atom. The summed E-state index contributed by atoms with van der Waals surface area (Å²) >= 11 is 0. The van der Waals surface area contributed by atoms with Crippen molar-refractivity contribution < 1.29 is 0 Å². The lowest BCUT2D eigenvalue weighted by Crippen LogP contribution is -1.98. The van der Waals surface area contributed by atoms with E-state index in [2.05, 4.69) is 7.85 Å². The highest BCUT2D eigenvalue weighted by Crippen LogP contribution is 2.29. The van der Waals surface area contributed by atoms with Crippen LogP contribution in [-0.4, -0.2) is 13.9 Å². The fraction of sp³-hybridized carbons (Fsp3) is 1.00. The molecule has 1 nitrogen and oxygen atoms in total. The molecule has 5 heavy (non-hydrogen) atoms. The van der Waals surface area contributed by atoms with E-state index in [0.29, 0.717) is 6.04 Å². The van der Waals surface area contributed by atoms with Crippen molar-refractivity contribution in [3.05, 3.63) is 0 Å². The Morgan fingerprint density at radius 1 is 1.80 bits per heavy atom. The maximum Gasteiger partial charge on any atom is 0.107 e. The van der Waals surface area contributed by atoms with Gasteiger partial charge in [-0.15, -0.1) is 0 Å². The molecule has 0 bridgehead atoms. The van der Waals surface area contributed by atoms with E-state index in [1.54, 1.807) is 0 Å². The zero-order valence-electron chi connectivity index (χ0n) is 3.44. The normalized spacial score (nSPS) is 49.0. The molecule has 1 fully saturated rings. The second-order valence-electron chi connectivity index (χ2n) is 1.88. The first-order valence-electron chi connectivity index (χ1n) is 2.06. The lowest BCUT2D eigenvalue weighted by Gasteiger charge is -1.68. The molecule has 0 spiro atoms. The van der Waals surface area contributed by atoms with E-state index in [-0.39, 0.29) is 0 Å². The first-order chi connectivity index (χ1) is 2.30. The van der Waals surface area contributed by atoms with Crippen molar-refractivity contribution in [1.29, 1.82) is 0 Å². The highest BCUT2D eigenvalue weighted by Gasteiger charge is 2.27. The molecular weight excluding hydrogens is 60.9 g/mol. The smallest absolute Gasteiger partial charge is 0.107 e. The Hall–Kier alpha value is 0.0249. The molecule has 2 atom stereocenters. The Labute approximate surface area is 33.0 Å². The Kier molecular flexibility index (Phi) is 0.481. The molecule has 0 aliphatic heterocycles. The lowest BCUT2D eigenvalue weighted by molar-refractivity contribution is 1.07. The molecule has 0 aromatic rings. The maximum atomic E-state index is 5.37. The van der Waals surface area contributed by atoms with Gasteiger partial charge in [0.2, 0.25) is 0 Å². The van der Waals surface area contributed by atoms with Gasteiger partial charge >= 0.3 is 0 Å². The van der Waals surface area contributed by atoms with Gasteiger partial charge in [-0.25, -0.2) is 0 Å². The summed E-state index contributed by atoms with van der Waals surface area (Å²) in [5, 5.41) is 0. The summed E-state index contributed by atoms with van der Waals surface area (Å²) in [4.78, 5) is 0. The van der Waals surface area contributed by atoms with Gasteiger partial charge < -0.3 is 5.73 Å². The van der Waals surface area contributed by atoms with Crippen LogP contribution in [-0.2, 0) is 0 Å². The van der Waals surface area contributed by atoms with Crippen molar-refractivity contribution in [3.8, 4) is 0 Å². The largest absolute Gasteiger partial charge is 0.328 e. The van der Waals surface area contributed by atoms with E-state index >= 15 is 0 Å². The molecule has 0 saturated heterocycles. The maximum absolute atomic E-state index is 5.37. The van der Waals surface area contributed by atoms with Gasteiger partial charge in [0, 0.05) is 0 Å². The quantitative estimate of drug-likeness (QED) is 0.368. The molecule has 0 radical (unpaired) electrons. The van der Waals surface area contributed by atoms with Gasteiger partial charge in [0.1, 0.15) is 7.85 Å². The summed E-state index contributed by atoms with van der Waals surface area (Å²) in [6.07, 6.45) is 1.25. The highest BCUT2D eigenvalue weighted by molar-refractivity contribution is 6.14. The summed E-state index contributed by atoms with van der Waals surface area (Å²) in [6, 6.07) is 0.551. The summed E-state index contributed by atoms with van der Waals surface area (Å²) in [6.45, 7) is 0. The van der Waals surface area contributed by atoms with E-state index < -0.39 is 0 Å². The van der Waals surface area contributed by atoms with Gasteiger partial charge in [-0.05, 0) is 12.5 Å². The summed E-state index contributed by atoms with van der Waals surface area (Å²) in [7, 11) is 2.17. The zero-order chi connectivity index (χ0) is 3.86. The van der Waals surface area contributed by atoms with E-state index in [0.717, 1.165) is 5.82 Å². The van der Waals surface area contributed by atoms with Crippen molar-refractivity contribution in [1.82, 2.24) is 0 Å². The third kappa shape index (κ3) is 0.455. The van der Waals surface area contributed by atoms with Crippen LogP contribution in [0.1, 0.15) is 6.42 Å². The van der Waals surface area contributed by atoms with Crippen molar-refractivity contribution in [3.63, 3.8) is 0 Å². The lowest BCUT2D eigenvalue weighted by atomic mass is 10.0. The Balaban J connectivity index is 2.20. The van der Waals surface area contributed by atoms with E-state index in [1.807, 2.05) is 0 Å².